The van der Waals surface area contributed by atoms with Crippen molar-refractivity contribution in [3.8, 4) is 0 Å². The van der Waals surface area contributed by atoms with Gasteiger partial charge >= 0.3 is 6.18 Å². The number of carbonyl (C=O) groups is 2. The molecule has 0 fully saturated rings. The molecule has 0 radical (unpaired) electrons. The Kier molecular flexibility index (Phi) is 11.5. The summed E-state index contributed by atoms with van der Waals surface area (Å²) in [5.74, 6) is -0.861. The molecular formula is C30H48F3NO3. The molecule has 3 unspecified atom stereocenters. The van der Waals surface area contributed by atoms with E-state index in [1.807, 2.05) is 6.92 Å². The van der Waals surface area contributed by atoms with Crippen LogP contribution in [0.25, 0.3) is 0 Å². The Morgan fingerprint density at radius 2 is 1.35 bits per heavy atom. The molecule has 0 saturated heterocycles. The Hall–Kier alpha value is -1.63. The van der Waals surface area contributed by atoms with Crippen LogP contribution in [0.15, 0.2) is 23.4 Å². The summed E-state index contributed by atoms with van der Waals surface area (Å²) >= 11 is 0. The molecule has 7 heteroatoms. The number of allylic oxidation sites excluding steroid dienone is 3. The lowest BCUT2D eigenvalue weighted by atomic mass is 9.89. The van der Waals surface area contributed by atoms with Crippen LogP contribution in [0.4, 0.5) is 13.2 Å². The van der Waals surface area contributed by atoms with Crippen molar-refractivity contribution in [2.45, 2.75) is 124 Å². The molecule has 4 nitrogen and oxygen atoms in total. The second-order valence-corrected chi connectivity index (χ2v) is 12.3. The summed E-state index contributed by atoms with van der Waals surface area (Å²) in [6, 6.07) is 0. The van der Waals surface area contributed by atoms with Crippen molar-refractivity contribution in [3.63, 3.8) is 0 Å². The van der Waals surface area contributed by atoms with Crippen LogP contribution in [0.5, 0.6) is 0 Å². The van der Waals surface area contributed by atoms with Crippen molar-refractivity contribution in [1.29, 1.82) is 0 Å². The van der Waals surface area contributed by atoms with Crippen molar-refractivity contribution in [2.24, 2.45) is 17.3 Å². The average molecular weight is 528 g/mol. The third-order valence-corrected chi connectivity index (χ3v) is 7.83. The summed E-state index contributed by atoms with van der Waals surface area (Å²) in [6.07, 6.45) is 7.81. The van der Waals surface area contributed by atoms with Gasteiger partial charge in [-0.15, -0.1) is 0 Å². The molecule has 0 aromatic heterocycles. The number of amides is 1. The highest BCUT2D eigenvalue weighted by atomic mass is 19.4. The van der Waals surface area contributed by atoms with Crippen molar-refractivity contribution in [3.05, 3.63) is 23.4 Å². The minimum Gasteiger partial charge on any atom is -0.366 e. The number of ether oxygens (including phenoxy) is 1. The smallest absolute Gasteiger partial charge is 0.366 e. The van der Waals surface area contributed by atoms with E-state index in [0.717, 1.165) is 31.8 Å². The SMILES string of the molecule is CC1C(=O)N(CCCCC(C)(OCCCCCCCCCC(C)(C)C)C(F)(F)F)C2=C1C=CC(=O)C2C. The number of alkyl halides is 3. The van der Waals surface area contributed by atoms with Gasteiger partial charge in [-0.1, -0.05) is 65.4 Å². The fourth-order valence-corrected chi connectivity index (χ4v) is 5.22. The minimum atomic E-state index is -4.46. The van der Waals surface area contributed by atoms with Gasteiger partial charge < -0.3 is 9.64 Å². The molecule has 2 aliphatic rings. The molecule has 0 N–H and O–H groups in total. The van der Waals surface area contributed by atoms with Crippen molar-refractivity contribution in [1.82, 2.24) is 4.90 Å². The third-order valence-electron chi connectivity index (χ3n) is 7.83. The Morgan fingerprint density at radius 1 is 0.784 bits per heavy atom. The number of unbranched alkanes of at least 4 members (excludes halogenated alkanes) is 7. The molecule has 3 atom stereocenters. The maximum atomic E-state index is 13.9. The fourth-order valence-electron chi connectivity index (χ4n) is 5.22. The van der Waals surface area contributed by atoms with Gasteiger partial charge in [-0.05, 0) is 69.9 Å². The molecule has 212 valence electrons. The van der Waals surface area contributed by atoms with Crippen LogP contribution < -0.4 is 0 Å². The van der Waals surface area contributed by atoms with E-state index in [4.69, 9.17) is 4.74 Å². The lowest BCUT2D eigenvalue weighted by Crippen LogP contribution is -2.45. The lowest BCUT2D eigenvalue weighted by molar-refractivity contribution is -0.274. The van der Waals surface area contributed by atoms with E-state index >= 15 is 0 Å². The Labute approximate surface area is 222 Å². The number of hydrogen-bond acceptors (Lipinski definition) is 3. The van der Waals surface area contributed by atoms with E-state index in [2.05, 4.69) is 20.8 Å². The monoisotopic (exact) mass is 527 g/mol. The Bertz CT molecular complexity index is 840. The van der Waals surface area contributed by atoms with E-state index in [-0.39, 0.29) is 37.1 Å². The number of halogens is 3. The minimum absolute atomic E-state index is 0.0516. The van der Waals surface area contributed by atoms with E-state index in [9.17, 15) is 22.8 Å². The molecule has 0 aromatic rings. The van der Waals surface area contributed by atoms with Gasteiger partial charge in [0.25, 0.3) is 0 Å². The summed E-state index contributed by atoms with van der Waals surface area (Å²) < 4.78 is 47.0. The third kappa shape index (κ3) is 8.97. The van der Waals surface area contributed by atoms with Crippen LogP contribution in [-0.4, -0.2) is 41.5 Å². The topological polar surface area (TPSA) is 46.6 Å². The van der Waals surface area contributed by atoms with Crippen LogP contribution in [0.1, 0.15) is 112 Å². The van der Waals surface area contributed by atoms with Crippen LogP contribution >= 0.6 is 0 Å². The van der Waals surface area contributed by atoms with Gasteiger partial charge in [0, 0.05) is 18.8 Å². The van der Waals surface area contributed by atoms with Gasteiger partial charge in [0.1, 0.15) is 0 Å². The van der Waals surface area contributed by atoms with E-state index < -0.39 is 17.7 Å². The first-order valence-electron chi connectivity index (χ1n) is 14.2. The van der Waals surface area contributed by atoms with Crippen LogP contribution in [0.3, 0.4) is 0 Å². The highest BCUT2D eigenvalue weighted by Crippen LogP contribution is 2.40. The first-order valence-corrected chi connectivity index (χ1v) is 14.2. The fraction of sp³-hybridized carbons (Fsp3) is 0.800. The number of nitrogens with zero attached hydrogens (tertiary/aromatic N) is 1. The predicted octanol–water partition coefficient (Wildman–Crippen LogP) is 8.17. The molecule has 0 saturated carbocycles. The molecule has 1 aliphatic heterocycles. The van der Waals surface area contributed by atoms with Gasteiger partial charge in [-0.3, -0.25) is 9.59 Å². The lowest BCUT2D eigenvalue weighted by Gasteiger charge is -2.33. The summed E-state index contributed by atoms with van der Waals surface area (Å²) in [5, 5.41) is 0. The van der Waals surface area contributed by atoms with Gasteiger partial charge in [0.15, 0.2) is 11.4 Å². The average Bonchev–Trinajstić information content (AvgIpc) is 3.04. The second kappa shape index (κ2) is 13.4. The summed E-state index contributed by atoms with van der Waals surface area (Å²) in [7, 11) is 0. The zero-order valence-electron chi connectivity index (χ0n) is 23.8. The van der Waals surface area contributed by atoms with Crippen molar-refractivity contribution < 1.29 is 27.5 Å². The predicted molar refractivity (Wildman–Crippen MR) is 142 cm³/mol. The summed E-state index contributed by atoms with van der Waals surface area (Å²) in [4.78, 5) is 26.5. The molecule has 1 amide bonds. The number of hydrogen-bond donors (Lipinski definition) is 0. The van der Waals surface area contributed by atoms with Crippen LogP contribution in [0, 0.1) is 17.3 Å². The van der Waals surface area contributed by atoms with E-state index in [1.165, 1.54) is 31.8 Å². The van der Waals surface area contributed by atoms with Crippen LogP contribution in [-0.2, 0) is 14.3 Å². The largest absolute Gasteiger partial charge is 0.417 e. The second-order valence-electron chi connectivity index (χ2n) is 12.3. The van der Waals surface area contributed by atoms with E-state index in [1.54, 1.807) is 17.9 Å². The Morgan fingerprint density at radius 3 is 1.95 bits per heavy atom. The highest BCUT2D eigenvalue weighted by molar-refractivity contribution is 5.99. The highest BCUT2D eigenvalue weighted by Gasteiger charge is 2.51. The number of rotatable bonds is 15. The molecule has 0 spiro atoms. The zero-order chi connectivity index (χ0) is 27.9. The molecule has 37 heavy (non-hydrogen) atoms. The van der Waals surface area contributed by atoms with Gasteiger partial charge in [0.2, 0.25) is 5.91 Å². The maximum Gasteiger partial charge on any atom is 0.417 e. The van der Waals surface area contributed by atoms with Crippen LogP contribution in [0.2, 0.25) is 0 Å². The molecule has 1 heterocycles. The first-order chi connectivity index (χ1) is 17.2. The molecule has 0 aromatic carbocycles. The first kappa shape index (κ1) is 31.6. The molecule has 0 bridgehead atoms. The molecule has 1 aliphatic carbocycles. The van der Waals surface area contributed by atoms with Gasteiger partial charge in [0.05, 0.1) is 11.8 Å². The Balaban J connectivity index is 1.73. The molecular weight excluding hydrogens is 479 g/mol. The van der Waals surface area contributed by atoms with Gasteiger partial charge in [-0.25, -0.2) is 0 Å². The normalized spacial score (nSPS) is 22.1. The standard InChI is InChI=1S/C30H48F3NO3/c1-22-24-16-17-25(35)23(2)26(24)34(27(22)36)20-14-13-19-29(6,30(31,32)33)37-21-15-11-9-7-8-10-12-18-28(3,4)5/h16-17,22-23H,7-15,18-21H2,1-6H3. The quantitative estimate of drug-likeness (QED) is 0.202. The van der Waals surface area contributed by atoms with E-state index in [0.29, 0.717) is 30.5 Å². The van der Waals surface area contributed by atoms with Crippen molar-refractivity contribution >= 4 is 11.7 Å². The van der Waals surface area contributed by atoms with Crippen molar-refractivity contribution in [2.75, 3.05) is 13.2 Å². The number of ketones is 1. The molecule has 2 rings (SSSR count). The summed E-state index contributed by atoms with van der Waals surface area (Å²) in [5.41, 5.74) is -0.247. The summed E-state index contributed by atoms with van der Waals surface area (Å²) in [6.45, 7) is 11.9. The van der Waals surface area contributed by atoms with Gasteiger partial charge in [-0.2, -0.15) is 13.2 Å². The number of carbonyl (C=O) groups excluding carboxylic acids is 2. The maximum absolute atomic E-state index is 13.9. The zero-order valence-corrected chi connectivity index (χ0v) is 23.8.